The minimum atomic E-state index is -3.76. The molecule has 0 fully saturated rings. The lowest BCUT2D eigenvalue weighted by atomic mass is 10.1. The third-order valence-electron chi connectivity index (χ3n) is 4.61. The average Bonchev–Trinajstić information content (AvgIpc) is 2.77. The van der Waals surface area contributed by atoms with Crippen LogP contribution >= 0.6 is 0 Å². The van der Waals surface area contributed by atoms with Crippen LogP contribution in [0.25, 0.3) is 10.8 Å². The van der Waals surface area contributed by atoms with Gasteiger partial charge in [0, 0.05) is 11.9 Å². The van der Waals surface area contributed by atoms with Crippen LogP contribution in [0.15, 0.2) is 90.1 Å². The van der Waals surface area contributed by atoms with Gasteiger partial charge in [0.25, 0.3) is 10.0 Å². The summed E-state index contributed by atoms with van der Waals surface area (Å²) in [6, 6.07) is 21.0. The number of ether oxygens (including phenoxy) is 1. The number of rotatable bonds is 7. The van der Waals surface area contributed by atoms with Crippen molar-refractivity contribution in [2.75, 3.05) is 4.72 Å². The molecule has 0 saturated heterocycles. The summed E-state index contributed by atoms with van der Waals surface area (Å²) in [4.78, 5) is 15.4. The number of hydrogen-bond donors (Lipinski definition) is 2. The zero-order valence-corrected chi connectivity index (χ0v) is 17.2. The lowest BCUT2D eigenvalue weighted by molar-refractivity contribution is 0.0999. The van der Waals surface area contributed by atoms with Gasteiger partial charge in [0.15, 0.2) is 0 Å². The molecule has 0 spiro atoms. The molecule has 1 amide bonds. The Balaban J connectivity index is 1.49. The number of aromatic nitrogens is 1. The van der Waals surface area contributed by atoms with Crippen molar-refractivity contribution in [1.29, 1.82) is 0 Å². The van der Waals surface area contributed by atoms with Crippen LogP contribution in [0.4, 0.5) is 5.69 Å². The molecule has 156 valence electrons. The molecule has 0 saturated carbocycles. The summed E-state index contributed by atoms with van der Waals surface area (Å²) in [6.07, 6.45) is 2.83. The molecule has 31 heavy (non-hydrogen) atoms. The number of primary amides is 1. The van der Waals surface area contributed by atoms with Gasteiger partial charge in [0.05, 0.1) is 16.7 Å². The first-order valence-corrected chi connectivity index (χ1v) is 10.9. The van der Waals surface area contributed by atoms with Crippen LogP contribution in [-0.4, -0.2) is 19.3 Å². The van der Waals surface area contributed by atoms with E-state index in [0.29, 0.717) is 11.4 Å². The number of carbonyl (C=O) groups is 1. The fourth-order valence-corrected chi connectivity index (χ4v) is 4.16. The van der Waals surface area contributed by atoms with Crippen molar-refractivity contribution in [1.82, 2.24) is 4.98 Å². The smallest absolute Gasteiger partial charge is 0.261 e. The van der Waals surface area contributed by atoms with Crippen LogP contribution in [0.3, 0.4) is 0 Å². The fourth-order valence-electron chi connectivity index (χ4n) is 3.07. The number of nitrogens with one attached hydrogen (secondary N) is 1. The minimum Gasteiger partial charge on any atom is -0.487 e. The van der Waals surface area contributed by atoms with Crippen molar-refractivity contribution < 1.29 is 17.9 Å². The van der Waals surface area contributed by atoms with Crippen LogP contribution in [0.2, 0.25) is 0 Å². The third kappa shape index (κ3) is 4.81. The number of nitrogens with zero attached hydrogens (tertiary/aromatic N) is 1. The molecule has 0 atom stereocenters. The maximum Gasteiger partial charge on any atom is 0.261 e. The second-order valence-electron chi connectivity index (χ2n) is 6.88. The molecule has 4 aromatic rings. The van der Waals surface area contributed by atoms with Gasteiger partial charge >= 0.3 is 0 Å². The van der Waals surface area contributed by atoms with Crippen molar-refractivity contribution in [3.05, 3.63) is 96.3 Å². The Morgan fingerprint density at radius 1 is 0.935 bits per heavy atom. The summed E-state index contributed by atoms with van der Waals surface area (Å²) in [5.74, 6) is -0.207. The third-order valence-corrected chi connectivity index (χ3v) is 5.99. The van der Waals surface area contributed by atoms with E-state index in [-0.39, 0.29) is 17.1 Å². The van der Waals surface area contributed by atoms with E-state index >= 15 is 0 Å². The summed E-state index contributed by atoms with van der Waals surface area (Å²) in [6.45, 7) is 0.162. The Bertz CT molecular complexity index is 1370. The van der Waals surface area contributed by atoms with Crippen molar-refractivity contribution in [3.8, 4) is 5.75 Å². The number of sulfonamides is 1. The standard InChI is InChI=1S/C23H19N3O4S/c24-23(27)19-11-21(14-25-13-19)30-15-16-4-3-7-20(10-16)26-31(28,29)22-9-8-17-5-1-2-6-18(17)12-22/h1-14,26H,15H2,(H2,24,27). The van der Waals surface area contributed by atoms with E-state index < -0.39 is 15.9 Å². The molecule has 0 bridgehead atoms. The highest BCUT2D eigenvalue weighted by molar-refractivity contribution is 7.92. The molecule has 0 radical (unpaired) electrons. The van der Waals surface area contributed by atoms with E-state index in [1.54, 1.807) is 42.5 Å². The Hall–Kier alpha value is -3.91. The molecule has 0 aliphatic heterocycles. The first-order chi connectivity index (χ1) is 14.9. The number of nitrogens with two attached hydrogens (primary N) is 1. The molecular formula is C23H19N3O4S. The zero-order chi connectivity index (χ0) is 21.8. The quantitative estimate of drug-likeness (QED) is 0.461. The molecule has 0 aliphatic carbocycles. The summed E-state index contributed by atoms with van der Waals surface area (Å²) in [7, 11) is -3.76. The van der Waals surface area contributed by atoms with Crippen molar-refractivity contribution in [3.63, 3.8) is 0 Å². The van der Waals surface area contributed by atoms with Gasteiger partial charge in [-0.1, -0.05) is 42.5 Å². The Kier molecular flexibility index (Phi) is 5.55. The second kappa shape index (κ2) is 8.45. The largest absolute Gasteiger partial charge is 0.487 e. The lowest BCUT2D eigenvalue weighted by Gasteiger charge is -2.11. The monoisotopic (exact) mass is 433 g/mol. The Labute approximate surface area is 179 Å². The topological polar surface area (TPSA) is 111 Å². The van der Waals surface area contributed by atoms with Crippen LogP contribution in [0.5, 0.6) is 5.75 Å². The van der Waals surface area contributed by atoms with Gasteiger partial charge in [-0.25, -0.2) is 8.42 Å². The molecule has 0 aliphatic rings. The maximum atomic E-state index is 12.8. The summed E-state index contributed by atoms with van der Waals surface area (Å²) >= 11 is 0. The molecule has 4 rings (SSSR count). The Morgan fingerprint density at radius 2 is 1.74 bits per heavy atom. The van der Waals surface area contributed by atoms with E-state index in [0.717, 1.165) is 16.3 Å². The number of fused-ring (bicyclic) bond motifs is 1. The number of benzene rings is 3. The van der Waals surface area contributed by atoms with Gasteiger partial charge in [-0.3, -0.25) is 14.5 Å². The molecule has 1 heterocycles. The van der Waals surface area contributed by atoms with E-state index in [1.165, 1.54) is 18.5 Å². The predicted octanol–water partition coefficient (Wildman–Crippen LogP) is 3.71. The van der Waals surface area contributed by atoms with E-state index in [1.807, 2.05) is 24.3 Å². The van der Waals surface area contributed by atoms with Crippen LogP contribution in [-0.2, 0) is 16.6 Å². The fraction of sp³-hybridized carbons (Fsp3) is 0.0435. The van der Waals surface area contributed by atoms with Gasteiger partial charge < -0.3 is 10.5 Å². The van der Waals surface area contributed by atoms with E-state index in [2.05, 4.69) is 9.71 Å². The van der Waals surface area contributed by atoms with Gasteiger partial charge in [-0.15, -0.1) is 0 Å². The van der Waals surface area contributed by atoms with Gasteiger partial charge in [0.1, 0.15) is 12.4 Å². The molecule has 3 aromatic carbocycles. The summed E-state index contributed by atoms with van der Waals surface area (Å²) in [5, 5.41) is 1.81. The summed E-state index contributed by atoms with van der Waals surface area (Å²) < 4.78 is 33.9. The van der Waals surface area contributed by atoms with Gasteiger partial charge in [-0.05, 0) is 46.7 Å². The van der Waals surface area contributed by atoms with E-state index in [4.69, 9.17) is 10.5 Å². The highest BCUT2D eigenvalue weighted by atomic mass is 32.2. The van der Waals surface area contributed by atoms with Crippen LogP contribution in [0, 0.1) is 0 Å². The highest BCUT2D eigenvalue weighted by Gasteiger charge is 2.15. The van der Waals surface area contributed by atoms with Crippen LogP contribution < -0.4 is 15.2 Å². The second-order valence-corrected chi connectivity index (χ2v) is 8.56. The minimum absolute atomic E-state index is 0.162. The van der Waals surface area contributed by atoms with Crippen molar-refractivity contribution >= 4 is 32.4 Å². The number of carbonyl (C=O) groups excluding carboxylic acids is 1. The maximum absolute atomic E-state index is 12.8. The summed E-state index contributed by atoms with van der Waals surface area (Å²) in [5.41, 5.74) is 6.65. The number of anilines is 1. The average molecular weight is 433 g/mol. The Morgan fingerprint density at radius 3 is 2.55 bits per heavy atom. The van der Waals surface area contributed by atoms with Crippen molar-refractivity contribution in [2.45, 2.75) is 11.5 Å². The first-order valence-electron chi connectivity index (χ1n) is 9.39. The highest BCUT2D eigenvalue weighted by Crippen LogP contribution is 2.22. The lowest BCUT2D eigenvalue weighted by Crippen LogP contribution is -2.13. The molecule has 8 heteroatoms. The number of hydrogen-bond acceptors (Lipinski definition) is 5. The molecule has 3 N–H and O–H groups in total. The molecule has 1 aromatic heterocycles. The number of pyridine rings is 1. The van der Waals surface area contributed by atoms with Gasteiger partial charge in [0.2, 0.25) is 5.91 Å². The molecule has 0 unspecified atom stereocenters. The first kappa shape index (κ1) is 20.4. The SMILES string of the molecule is NC(=O)c1cncc(OCc2cccc(NS(=O)(=O)c3ccc4ccccc4c3)c2)c1. The molecular weight excluding hydrogens is 414 g/mol. The molecule has 7 nitrogen and oxygen atoms in total. The van der Waals surface area contributed by atoms with E-state index in [9.17, 15) is 13.2 Å². The zero-order valence-electron chi connectivity index (χ0n) is 16.4. The van der Waals surface area contributed by atoms with Crippen LogP contribution in [0.1, 0.15) is 15.9 Å². The van der Waals surface area contributed by atoms with Gasteiger partial charge in [-0.2, -0.15) is 0 Å². The predicted molar refractivity (Wildman–Crippen MR) is 118 cm³/mol. The normalized spacial score (nSPS) is 11.2. The number of amides is 1. The van der Waals surface area contributed by atoms with Crippen molar-refractivity contribution in [2.24, 2.45) is 5.73 Å².